The third-order valence-electron chi connectivity index (χ3n) is 4.58. The summed E-state index contributed by atoms with van der Waals surface area (Å²) in [5, 5.41) is 13.8. The average molecular weight is 470 g/mol. The van der Waals surface area contributed by atoms with Crippen LogP contribution in [-0.4, -0.2) is 47.4 Å². The van der Waals surface area contributed by atoms with E-state index in [1.807, 2.05) is 24.3 Å². The highest BCUT2D eigenvalue weighted by Crippen LogP contribution is 2.39. The standard InChI is InChI=1S/C19H20BrNO6S/c1-10(22)21-15-16(23)17-14(9-25-18(27-17)13-3-2-8-24-13)26-19(15)28-12-6-4-11(20)5-7-12/h2-8,14-19,23H,9H2,1H3,(H,21,22). The summed E-state index contributed by atoms with van der Waals surface area (Å²) >= 11 is 4.85. The van der Waals surface area contributed by atoms with E-state index < -0.39 is 36.1 Å². The molecule has 2 aromatic rings. The van der Waals surface area contributed by atoms with Crippen molar-refractivity contribution in [1.82, 2.24) is 5.32 Å². The molecule has 6 unspecified atom stereocenters. The summed E-state index contributed by atoms with van der Waals surface area (Å²) in [6.07, 6.45) is -1.26. The number of amides is 1. The molecule has 0 bridgehead atoms. The van der Waals surface area contributed by atoms with E-state index in [4.69, 9.17) is 18.6 Å². The summed E-state index contributed by atoms with van der Waals surface area (Å²) in [6.45, 7) is 1.66. The number of aliphatic hydroxyl groups is 1. The number of furan rings is 1. The maximum atomic E-state index is 11.7. The summed E-state index contributed by atoms with van der Waals surface area (Å²) < 4.78 is 24.1. The molecule has 1 aromatic carbocycles. The van der Waals surface area contributed by atoms with Crippen molar-refractivity contribution in [2.24, 2.45) is 0 Å². The number of hydrogen-bond donors (Lipinski definition) is 2. The zero-order valence-corrected chi connectivity index (χ0v) is 17.4. The molecule has 1 aromatic heterocycles. The molecule has 7 nitrogen and oxygen atoms in total. The molecule has 0 radical (unpaired) electrons. The molecule has 2 fully saturated rings. The van der Waals surface area contributed by atoms with Crippen molar-refractivity contribution >= 4 is 33.6 Å². The molecule has 2 N–H and O–H groups in total. The number of carbonyl (C=O) groups excluding carboxylic acids is 1. The van der Waals surface area contributed by atoms with Gasteiger partial charge in [-0.25, -0.2) is 0 Å². The average Bonchev–Trinajstić information content (AvgIpc) is 3.21. The summed E-state index contributed by atoms with van der Waals surface area (Å²) in [5.41, 5.74) is -0.492. The summed E-state index contributed by atoms with van der Waals surface area (Å²) in [6, 6.07) is 10.6. The van der Waals surface area contributed by atoms with Gasteiger partial charge in [-0.1, -0.05) is 27.7 Å². The topological polar surface area (TPSA) is 90.2 Å². The molecule has 2 saturated heterocycles. The molecule has 3 heterocycles. The fourth-order valence-electron chi connectivity index (χ4n) is 3.30. The van der Waals surface area contributed by atoms with Crippen LogP contribution in [0.25, 0.3) is 0 Å². The van der Waals surface area contributed by atoms with E-state index in [2.05, 4.69) is 21.2 Å². The Morgan fingerprint density at radius 2 is 2.04 bits per heavy atom. The van der Waals surface area contributed by atoms with E-state index in [1.165, 1.54) is 24.9 Å². The van der Waals surface area contributed by atoms with Crippen LogP contribution in [0.1, 0.15) is 19.0 Å². The molecule has 1 amide bonds. The molecular weight excluding hydrogens is 450 g/mol. The molecule has 4 rings (SSSR count). The number of rotatable bonds is 4. The highest BCUT2D eigenvalue weighted by atomic mass is 79.9. The lowest BCUT2D eigenvalue weighted by Gasteiger charge is -2.47. The van der Waals surface area contributed by atoms with Crippen molar-refractivity contribution in [3.8, 4) is 0 Å². The van der Waals surface area contributed by atoms with Gasteiger partial charge in [0.25, 0.3) is 0 Å². The first kappa shape index (κ1) is 19.9. The van der Waals surface area contributed by atoms with Gasteiger partial charge in [0.2, 0.25) is 12.2 Å². The van der Waals surface area contributed by atoms with Crippen molar-refractivity contribution in [3.63, 3.8) is 0 Å². The van der Waals surface area contributed by atoms with Gasteiger partial charge in [-0.2, -0.15) is 0 Å². The minimum atomic E-state index is -0.961. The van der Waals surface area contributed by atoms with E-state index in [9.17, 15) is 9.90 Å². The third-order valence-corrected chi connectivity index (χ3v) is 6.29. The van der Waals surface area contributed by atoms with Crippen LogP contribution in [0.3, 0.4) is 0 Å². The minimum absolute atomic E-state index is 0.247. The number of hydrogen-bond acceptors (Lipinski definition) is 7. The van der Waals surface area contributed by atoms with Crippen LogP contribution in [0.15, 0.2) is 56.4 Å². The Labute approximate surface area is 174 Å². The van der Waals surface area contributed by atoms with Crippen LogP contribution >= 0.6 is 27.7 Å². The van der Waals surface area contributed by atoms with Gasteiger partial charge >= 0.3 is 0 Å². The Morgan fingerprint density at radius 1 is 1.25 bits per heavy atom. The van der Waals surface area contributed by atoms with Crippen LogP contribution in [-0.2, 0) is 19.0 Å². The molecule has 9 heteroatoms. The number of nitrogens with one attached hydrogen (secondary N) is 1. The fourth-order valence-corrected chi connectivity index (χ4v) is 4.70. The highest BCUT2D eigenvalue weighted by Gasteiger charge is 2.50. The van der Waals surface area contributed by atoms with E-state index >= 15 is 0 Å². The first-order valence-corrected chi connectivity index (χ1v) is 10.5. The van der Waals surface area contributed by atoms with Gasteiger partial charge in [-0.05, 0) is 36.4 Å². The Hall–Kier alpha value is -1.36. The number of thioether (sulfide) groups is 1. The normalized spacial score (nSPS) is 32.5. The SMILES string of the molecule is CC(=O)NC1C(Sc2ccc(Br)cc2)OC2COC(c3ccco3)OC2C1O. The predicted octanol–water partition coefficient (Wildman–Crippen LogP) is 2.84. The van der Waals surface area contributed by atoms with Crippen molar-refractivity contribution in [2.45, 2.75) is 47.9 Å². The van der Waals surface area contributed by atoms with Gasteiger partial charge in [0, 0.05) is 16.3 Å². The van der Waals surface area contributed by atoms with Gasteiger partial charge in [0.05, 0.1) is 18.9 Å². The molecule has 28 heavy (non-hydrogen) atoms. The molecule has 6 atom stereocenters. The number of fused-ring (bicyclic) bond motifs is 1. The van der Waals surface area contributed by atoms with Crippen LogP contribution in [0.5, 0.6) is 0 Å². The van der Waals surface area contributed by atoms with Gasteiger partial charge < -0.3 is 29.1 Å². The van der Waals surface area contributed by atoms with E-state index in [0.717, 1.165) is 9.37 Å². The first-order valence-electron chi connectivity index (χ1n) is 8.84. The fraction of sp³-hybridized carbons (Fsp3) is 0.421. The Morgan fingerprint density at radius 3 is 2.71 bits per heavy atom. The number of carbonyl (C=O) groups is 1. The van der Waals surface area contributed by atoms with Gasteiger partial charge in [0.15, 0.2) is 5.76 Å². The minimum Gasteiger partial charge on any atom is -0.464 e. The quantitative estimate of drug-likeness (QED) is 0.711. The molecule has 2 aliphatic heterocycles. The summed E-state index contributed by atoms with van der Waals surface area (Å²) in [4.78, 5) is 12.7. The maximum absolute atomic E-state index is 11.7. The lowest BCUT2D eigenvalue weighted by molar-refractivity contribution is -0.310. The monoisotopic (exact) mass is 469 g/mol. The molecule has 0 spiro atoms. The van der Waals surface area contributed by atoms with Crippen LogP contribution in [0.2, 0.25) is 0 Å². The lowest BCUT2D eigenvalue weighted by Crippen LogP contribution is -2.65. The van der Waals surface area contributed by atoms with Crippen LogP contribution < -0.4 is 5.32 Å². The van der Waals surface area contributed by atoms with Crippen molar-refractivity contribution in [1.29, 1.82) is 0 Å². The second kappa shape index (κ2) is 8.56. The van der Waals surface area contributed by atoms with E-state index in [-0.39, 0.29) is 12.5 Å². The Kier molecular flexibility index (Phi) is 6.10. The van der Waals surface area contributed by atoms with Crippen molar-refractivity contribution < 1.29 is 28.5 Å². The van der Waals surface area contributed by atoms with Crippen LogP contribution in [0, 0.1) is 0 Å². The Balaban J connectivity index is 1.53. The van der Waals surface area contributed by atoms with Gasteiger partial charge in [-0.15, -0.1) is 0 Å². The highest BCUT2D eigenvalue weighted by molar-refractivity contribution is 9.10. The molecule has 0 aliphatic carbocycles. The summed E-state index contributed by atoms with van der Waals surface area (Å²) in [5.74, 6) is 0.273. The second-order valence-corrected chi connectivity index (χ2v) is 8.70. The zero-order chi connectivity index (χ0) is 19.7. The number of aliphatic hydroxyl groups excluding tert-OH is 1. The molecule has 2 aliphatic rings. The largest absolute Gasteiger partial charge is 0.464 e. The molecular formula is C19H20BrNO6S. The maximum Gasteiger partial charge on any atom is 0.217 e. The van der Waals surface area contributed by atoms with Crippen LogP contribution in [0.4, 0.5) is 0 Å². The second-order valence-electron chi connectivity index (χ2n) is 6.61. The lowest BCUT2D eigenvalue weighted by atomic mass is 9.97. The molecule has 150 valence electrons. The molecule has 0 saturated carbocycles. The predicted molar refractivity (Wildman–Crippen MR) is 105 cm³/mol. The smallest absolute Gasteiger partial charge is 0.217 e. The van der Waals surface area contributed by atoms with Gasteiger partial charge in [0.1, 0.15) is 23.7 Å². The Bertz CT molecular complexity index is 801. The number of halogens is 1. The third kappa shape index (κ3) is 4.29. The van der Waals surface area contributed by atoms with Crippen molar-refractivity contribution in [3.05, 3.63) is 52.9 Å². The first-order chi connectivity index (χ1) is 13.5. The number of ether oxygens (including phenoxy) is 3. The number of benzene rings is 1. The van der Waals surface area contributed by atoms with Gasteiger partial charge in [-0.3, -0.25) is 4.79 Å². The van der Waals surface area contributed by atoms with E-state index in [0.29, 0.717) is 5.76 Å². The van der Waals surface area contributed by atoms with Crippen molar-refractivity contribution in [2.75, 3.05) is 6.61 Å². The summed E-state index contributed by atoms with van der Waals surface area (Å²) in [7, 11) is 0. The van der Waals surface area contributed by atoms with E-state index in [1.54, 1.807) is 12.1 Å². The zero-order valence-electron chi connectivity index (χ0n) is 15.0.